The molecule has 150 valence electrons. The minimum atomic E-state index is -0.507. The molecule has 1 aromatic heterocycles. The predicted octanol–water partition coefficient (Wildman–Crippen LogP) is 5.79. The Morgan fingerprint density at radius 2 is 1.93 bits per heavy atom. The molecule has 3 aromatic rings. The van der Waals surface area contributed by atoms with Gasteiger partial charge in [0, 0.05) is 11.6 Å². The molecule has 1 aliphatic heterocycles. The van der Waals surface area contributed by atoms with E-state index in [9.17, 15) is 9.59 Å². The van der Waals surface area contributed by atoms with Crippen molar-refractivity contribution in [1.29, 1.82) is 0 Å². The summed E-state index contributed by atoms with van der Waals surface area (Å²) in [7, 11) is 1.30. The molecule has 0 aliphatic carbocycles. The molecule has 5 nitrogen and oxygen atoms in total. The number of esters is 1. The van der Waals surface area contributed by atoms with Crippen LogP contribution in [0, 0.1) is 0 Å². The highest BCUT2D eigenvalue weighted by Crippen LogP contribution is 2.36. The van der Waals surface area contributed by atoms with Gasteiger partial charge in [0.1, 0.15) is 11.5 Å². The average Bonchev–Trinajstić information content (AvgIpc) is 3.32. The second kappa shape index (κ2) is 8.47. The van der Waals surface area contributed by atoms with Crippen LogP contribution in [-0.2, 0) is 9.53 Å². The molecular weight excluding hydrogens is 442 g/mol. The number of amides is 1. The van der Waals surface area contributed by atoms with E-state index in [4.69, 9.17) is 33.0 Å². The number of anilines is 1. The monoisotopic (exact) mass is 455 g/mol. The Kier molecular flexibility index (Phi) is 5.76. The number of carbonyl (C=O) groups excluding carboxylic acids is 2. The smallest absolute Gasteiger partial charge is 0.339 e. The van der Waals surface area contributed by atoms with E-state index >= 15 is 0 Å². The minimum absolute atomic E-state index is 0.195. The average molecular weight is 456 g/mol. The van der Waals surface area contributed by atoms with Crippen LogP contribution in [0.2, 0.25) is 5.02 Å². The third kappa shape index (κ3) is 3.92. The highest BCUT2D eigenvalue weighted by molar-refractivity contribution is 8.27. The van der Waals surface area contributed by atoms with Crippen LogP contribution in [0.1, 0.15) is 16.1 Å². The van der Waals surface area contributed by atoms with Gasteiger partial charge in [0.25, 0.3) is 5.91 Å². The molecule has 30 heavy (non-hydrogen) atoms. The van der Waals surface area contributed by atoms with Gasteiger partial charge in [-0.1, -0.05) is 59.8 Å². The molecule has 0 saturated carbocycles. The topological polar surface area (TPSA) is 59.8 Å². The number of thiocarbonyl (C=S) groups is 1. The summed E-state index contributed by atoms with van der Waals surface area (Å²) in [6.07, 6.45) is 1.66. The number of benzene rings is 2. The molecule has 2 aromatic carbocycles. The Labute approximate surface area is 187 Å². The van der Waals surface area contributed by atoms with Gasteiger partial charge in [-0.15, -0.1) is 0 Å². The lowest BCUT2D eigenvalue weighted by Crippen LogP contribution is -2.27. The molecule has 0 unspecified atom stereocenters. The number of rotatable bonds is 4. The van der Waals surface area contributed by atoms with E-state index in [2.05, 4.69) is 0 Å². The van der Waals surface area contributed by atoms with Crippen molar-refractivity contribution >= 4 is 63.5 Å². The lowest BCUT2D eigenvalue weighted by atomic mass is 10.1. The molecule has 0 spiro atoms. The number of halogens is 1. The van der Waals surface area contributed by atoms with Crippen molar-refractivity contribution in [2.45, 2.75) is 0 Å². The maximum absolute atomic E-state index is 12.8. The number of ether oxygens (including phenoxy) is 1. The summed E-state index contributed by atoms with van der Waals surface area (Å²) in [6, 6.07) is 17.7. The summed E-state index contributed by atoms with van der Waals surface area (Å²) in [5.41, 5.74) is 1.70. The van der Waals surface area contributed by atoms with E-state index in [0.717, 1.165) is 5.69 Å². The van der Waals surface area contributed by atoms with Crippen molar-refractivity contribution in [2.75, 3.05) is 12.0 Å². The van der Waals surface area contributed by atoms with Crippen LogP contribution in [0.15, 0.2) is 70.0 Å². The highest BCUT2D eigenvalue weighted by atomic mass is 35.5. The summed E-state index contributed by atoms with van der Waals surface area (Å²) in [6.45, 7) is 0. The normalized spacial score (nSPS) is 15.1. The second-order valence-electron chi connectivity index (χ2n) is 6.24. The molecule has 8 heteroatoms. The Bertz CT molecular complexity index is 1190. The van der Waals surface area contributed by atoms with Crippen molar-refractivity contribution in [3.05, 3.63) is 81.9 Å². The fraction of sp³-hybridized carbons (Fsp3) is 0.0455. The lowest BCUT2D eigenvalue weighted by Gasteiger charge is -2.13. The number of hydrogen-bond acceptors (Lipinski definition) is 6. The molecule has 0 N–H and O–H groups in total. The number of methoxy groups -OCH3 is 1. The fourth-order valence-corrected chi connectivity index (χ4v) is 4.46. The third-order valence-electron chi connectivity index (χ3n) is 4.37. The van der Waals surface area contributed by atoms with E-state index in [1.807, 2.05) is 30.3 Å². The molecule has 2 heterocycles. The van der Waals surface area contributed by atoms with Gasteiger partial charge in [0.05, 0.1) is 28.3 Å². The Morgan fingerprint density at radius 3 is 2.63 bits per heavy atom. The molecule has 1 aliphatic rings. The van der Waals surface area contributed by atoms with E-state index in [1.165, 1.54) is 23.8 Å². The maximum atomic E-state index is 12.8. The summed E-state index contributed by atoms with van der Waals surface area (Å²) in [4.78, 5) is 26.5. The van der Waals surface area contributed by atoms with Crippen molar-refractivity contribution in [3.63, 3.8) is 0 Å². The summed E-state index contributed by atoms with van der Waals surface area (Å²) >= 11 is 12.8. The molecule has 1 saturated heterocycles. The zero-order valence-electron chi connectivity index (χ0n) is 15.6. The Morgan fingerprint density at radius 1 is 1.17 bits per heavy atom. The fourth-order valence-electron chi connectivity index (χ4n) is 2.93. The summed E-state index contributed by atoms with van der Waals surface area (Å²) in [5, 5.41) is 0.265. The van der Waals surface area contributed by atoms with Gasteiger partial charge in [-0.2, -0.15) is 0 Å². The van der Waals surface area contributed by atoms with Crippen LogP contribution in [0.4, 0.5) is 5.69 Å². The number of nitrogens with zero attached hydrogens (tertiary/aromatic N) is 1. The third-order valence-corrected chi connectivity index (χ3v) is 5.98. The quantitative estimate of drug-likeness (QED) is 0.282. The zero-order valence-corrected chi connectivity index (χ0v) is 18.0. The number of carbonyl (C=O) groups is 2. The first-order chi connectivity index (χ1) is 14.5. The van der Waals surface area contributed by atoms with Gasteiger partial charge < -0.3 is 9.15 Å². The Hall–Kier alpha value is -2.87. The van der Waals surface area contributed by atoms with E-state index in [1.54, 1.807) is 36.4 Å². The number of hydrogen-bond donors (Lipinski definition) is 0. The van der Waals surface area contributed by atoms with Gasteiger partial charge >= 0.3 is 5.97 Å². The van der Waals surface area contributed by atoms with Crippen LogP contribution in [0.25, 0.3) is 17.4 Å². The maximum Gasteiger partial charge on any atom is 0.339 e. The van der Waals surface area contributed by atoms with Gasteiger partial charge in [0.15, 0.2) is 4.32 Å². The van der Waals surface area contributed by atoms with Crippen molar-refractivity contribution < 1.29 is 18.7 Å². The van der Waals surface area contributed by atoms with Gasteiger partial charge in [-0.25, -0.2) is 4.79 Å². The molecule has 0 atom stereocenters. The van der Waals surface area contributed by atoms with Crippen molar-refractivity contribution in [2.24, 2.45) is 0 Å². The van der Waals surface area contributed by atoms with Crippen LogP contribution < -0.4 is 4.90 Å². The van der Waals surface area contributed by atoms with Crippen molar-refractivity contribution in [3.8, 4) is 11.3 Å². The van der Waals surface area contributed by atoms with Crippen LogP contribution in [-0.4, -0.2) is 23.3 Å². The van der Waals surface area contributed by atoms with Gasteiger partial charge in [-0.3, -0.25) is 9.69 Å². The summed E-state index contributed by atoms with van der Waals surface area (Å²) < 4.78 is 11.0. The lowest BCUT2D eigenvalue weighted by molar-refractivity contribution is -0.113. The highest BCUT2D eigenvalue weighted by Gasteiger charge is 2.33. The minimum Gasteiger partial charge on any atom is -0.465 e. The van der Waals surface area contributed by atoms with Crippen LogP contribution in [0.3, 0.4) is 0 Å². The predicted molar refractivity (Wildman–Crippen MR) is 123 cm³/mol. The van der Waals surface area contributed by atoms with Crippen LogP contribution >= 0.6 is 35.6 Å². The first-order valence-electron chi connectivity index (χ1n) is 8.79. The summed E-state index contributed by atoms with van der Waals surface area (Å²) in [5.74, 6) is 0.358. The molecule has 0 bridgehead atoms. The van der Waals surface area contributed by atoms with E-state index < -0.39 is 5.97 Å². The molecule has 0 radical (unpaired) electrons. The van der Waals surface area contributed by atoms with E-state index in [0.29, 0.717) is 26.3 Å². The first kappa shape index (κ1) is 20.4. The molecule has 1 fully saturated rings. The second-order valence-corrected chi connectivity index (χ2v) is 8.32. The standard InChI is InChI=1S/C22H14ClNO4S2/c1-27-21(26)16-9-7-13(11-17(16)23)18-10-8-15(28-18)12-19-20(25)24(22(29)30-19)14-5-3-2-4-6-14/h2-12H,1H3/b19-12+. The molecule has 4 rings (SSSR count). The van der Waals surface area contributed by atoms with Gasteiger partial charge in [0.2, 0.25) is 0 Å². The largest absolute Gasteiger partial charge is 0.465 e. The number of para-hydroxylation sites is 1. The van der Waals surface area contributed by atoms with Crippen LogP contribution in [0.5, 0.6) is 0 Å². The Balaban J connectivity index is 1.58. The number of furan rings is 1. The first-order valence-corrected chi connectivity index (χ1v) is 10.4. The number of thioether (sulfide) groups is 1. The van der Waals surface area contributed by atoms with Gasteiger partial charge in [-0.05, 0) is 36.4 Å². The zero-order chi connectivity index (χ0) is 21.3. The van der Waals surface area contributed by atoms with E-state index in [-0.39, 0.29) is 16.5 Å². The SMILES string of the molecule is COC(=O)c1ccc(-c2ccc(/C=C3/SC(=S)N(c4ccccc4)C3=O)o2)cc1Cl. The molecule has 1 amide bonds. The molecular formula is C22H14ClNO4S2. The van der Waals surface area contributed by atoms with Crippen molar-refractivity contribution in [1.82, 2.24) is 0 Å².